The smallest absolute Gasteiger partial charge is 0.209 e. The van der Waals surface area contributed by atoms with Gasteiger partial charge in [-0.1, -0.05) is 12.1 Å². The van der Waals surface area contributed by atoms with Gasteiger partial charge in [0.05, 0.1) is 11.5 Å². The summed E-state index contributed by atoms with van der Waals surface area (Å²) >= 11 is 0. The summed E-state index contributed by atoms with van der Waals surface area (Å²) in [6.45, 7) is 0.0243. The van der Waals surface area contributed by atoms with Crippen LogP contribution in [0.5, 0.6) is 5.75 Å². The maximum atomic E-state index is 11.9. The summed E-state index contributed by atoms with van der Waals surface area (Å²) in [7, 11) is -2.12. The van der Waals surface area contributed by atoms with Crippen LogP contribution in [0.1, 0.15) is 5.56 Å². The topological polar surface area (TPSA) is 63.6 Å². The van der Waals surface area contributed by atoms with Crippen molar-refractivity contribution < 1.29 is 18.3 Å². The number of methoxy groups -OCH3 is 1. The second-order valence-corrected chi connectivity index (χ2v) is 5.18. The fourth-order valence-corrected chi connectivity index (χ4v) is 3.19. The summed E-state index contributed by atoms with van der Waals surface area (Å²) in [6.07, 6.45) is 1.52. The van der Waals surface area contributed by atoms with Crippen molar-refractivity contribution in [1.29, 1.82) is 0 Å². The van der Waals surface area contributed by atoms with Gasteiger partial charge in [-0.05, 0) is 17.7 Å². The van der Waals surface area contributed by atoms with Gasteiger partial charge in [0, 0.05) is 7.11 Å². The van der Waals surface area contributed by atoms with Gasteiger partial charge < -0.3 is 9.84 Å². The van der Waals surface area contributed by atoms with Gasteiger partial charge in [-0.2, -0.15) is 0 Å². The van der Waals surface area contributed by atoms with Crippen molar-refractivity contribution in [3.8, 4) is 5.75 Å². The summed E-state index contributed by atoms with van der Waals surface area (Å²) in [5.74, 6) is -0.213. The molecule has 0 atom stereocenters. The molecular formula is C10H10O4S. The van der Waals surface area contributed by atoms with Crippen LogP contribution in [0.15, 0.2) is 28.0 Å². The van der Waals surface area contributed by atoms with Crippen molar-refractivity contribution in [1.82, 2.24) is 0 Å². The summed E-state index contributed by atoms with van der Waals surface area (Å²) < 4.78 is 28.6. The van der Waals surface area contributed by atoms with E-state index in [0.717, 1.165) is 0 Å². The number of aromatic hydroxyl groups is 1. The average molecular weight is 226 g/mol. The third-order valence-electron chi connectivity index (χ3n) is 2.24. The normalized spacial score (nSPS) is 17.3. The molecule has 1 heterocycles. The molecule has 2 rings (SSSR count). The molecule has 0 bridgehead atoms. The maximum Gasteiger partial charge on any atom is 0.209 e. The maximum absolute atomic E-state index is 11.9. The van der Waals surface area contributed by atoms with E-state index in [1.807, 2.05) is 0 Å². The first-order valence-electron chi connectivity index (χ1n) is 4.34. The monoisotopic (exact) mass is 226 g/mol. The van der Waals surface area contributed by atoms with E-state index in [1.165, 1.54) is 19.3 Å². The van der Waals surface area contributed by atoms with Gasteiger partial charge >= 0.3 is 0 Å². The van der Waals surface area contributed by atoms with Gasteiger partial charge in [-0.15, -0.1) is 0 Å². The van der Waals surface area contributed by atoms with Crippen LogP contribution in [0.2, 0.25) is 0 Å². The first-order valence-corrected chi connectivity index (χ1v) is 5.82. The van der Waals surface area contributed by atoms with Gasteiger partial charge in [0.1, 0.15) is 10.6 Å². The second-order valence-electron chi connectivity index (χ2n) is 3.24. The Kier molecular flexibility index (Phi) is 2.28. The lowest BCUT2D eigenvalue weighted by atomic mass is 10.2. The zero-order chi connectivity index (χ0) is 11.1. The molecular weight excluding hydrogens is 216 g/mol. The van der Waals surface area contributed by atoms with Crippen molar-refractivity contribution in [3.05, 3.63) is 28.7 Å². The molecule has 0 unspecified atom stereocenters. The van der Waals surface area contributed by atoms with E-state index >= 15 is 0 Å². The molecule has 0 spiro atoms. The van der Waals surface area contributed by atoms with Crippen LogP contribution in [-0.2, 0) is 14.6 Å². The summed E-state index contributed by atoms with van der Waals surface area (Å²) in [4.78, 5) is 0.165. The number of ether oxygens (including phenoxy) is 1. The Bertz CT molecular complexity index is 528. The third kappa shape index (κ3) is 1.44. The molecule has 1 aliphatic rings. The SMILES string of the molecule is COCC1=Cc2cccc(O)c2S1(=O)=O. The second kappa shape index (κ2) is 3.36. The lowest BCUT2D eigenvalue weighted by Gasteiger charge is -2.03. The van der Waals surface area contributed by atoms with Crippen LogP contribution in [0, 0.1) is 0 Å². The predicted octanol–water partition coefficient (Wildman–Crippen LogP) is 1.17. The first kappa shape index (κ1) is 10.2. The lowest BCUT2D eigenvalue weighted by Crippen LogP contribution is -2.05. The van der Waals surface area contributed by atoms with Crippen molar-refractivity contribution in [2.45, 2.75) is 4.90 Å². The standard InChI is InChI=1S/C10H10O4S/c1-14-6-8-5-7-3-2-4-9(11)10(7)15(8,12)13/h2-5,11H,6H2,1H3. The van der Waals surface area contributed by atoms with E-state index in [0.29, 0.717) is 5.56 Å². The molecule has 0 fully saturated rings. The number of benzene rings is 1. The Morgan fingerprint density at radius 2 is 2.13 bits per heavy atom. The molecule has 0 saturated heterocycles. The number of fused-ring (bicyclic) bond motifs is 1. The highest BCUT2D eigenvalue weighted by Crippen LogP contribution is 2.38. The van der Waals surface area contributed by atoms with E-state index < -0.39 is 9.84 Å². The minimum Gasteiger partial charge on any atom is -0.507 e. The number of hydrogen-bond donors (Lipinski definition) is 1. The summed E-state index contributed by atoms with van der Waals surface area (Å²) in [5, 5.41) is 9.50. The molecule has 15 heavy (non-hydrogen) atoms. The summed E-state index contributed by atoms with van der Waals surface area (Å²) in [6, 6.07) is 4.62. The molecule has 5 heteroatoms. The highest BCUT2D eigenvalue weighted by Gasteiger charge is 2.31. The molecule has 1 aromatic rings. The zero-order valence-electron chi connectivity index (χ0n) is 8.10. The number of phenols is 1. The van der Waals surface area contributed by atoms with E-state index in [9.17, 15) is 13.5 Å². The molecule has 80 valence electrons. The van der Waals surface area contributed by atoms with Crippen LogP contribution < -0.4 is 0 Å². The van der Waals surface area contributed by atoms with Gasteiger partial charge in [0.2, 0.25) is 9.84 Å². The van der Waals surface area contributed by atoms with E-state index in [1.54, 1.807) is 12.1 Å². The minimum absolute atomic E-state index is 0.0166. The van der Waals surface area contributed by atoms with E-state index in [2.05, 4.69) is 0 Å². The van der Waals surface area contributed by atoms with Gasteiger partial charge in [-0.3, -0.25) is 0 Å². The van der Waals surface area contributed by atoms with Crippen LogP contribution in [0.4, 0.5) is 0 Å². The molecule has 4 nitrogen and oxygen atoms in total. The van der Waals surface area contributed by atoms with Gasteiger partial charge in [0.15, 0.2) is 0 Å². The molecule has 1 N–H and O–H groups in total. The molecule has 0 radical (unpaired) electrons. The van der Waals surface area contributed by atoms with Crippen molar-refractivity contribution >= 4 is 15.9 Å². The summed E-state index contributed by atoms with van der Waals surface area (Å²) in [5.41, 5.74) is 0.516. The molecule has 0 aliphatic carbocycles. The third-order valence-corrected chi connectivity index (χ3v) is 4.15. The van der Waals surface area contributed by atoms with E-state index in [-0.39, 0.29) is 22.2 Å². The van der Waals surface area contributed by atoms with Crippen LogP contribution >= 0.6 is 0 Å². The first-order chi connectivity index (χ1) is 7.07. The Balaban J connectivity index is 2.64. The molecule has 1 aliphatic heterocycles. The van der Waals surface area contributed by atoms with Gasteiger partial charge in [0.25, 0.3) is 0 Å². The largest absolute Gasteiger partial charge is 0.507 e. The molecule has 0 amide bonds. The number of sulfone groups is 1. The Hall–Kier alpha value is -1.33. The number of hydrogen-bond acceptors (Lipinski definition) is 4. The van der Waals surface area contributed by atoms with Crippen molar-refractivity contribution in [2.75, 3.05) is 13.7 Å². The van der Waals surface area contributed by atoms with Crippen molar-refractivity contribution in [3.63, 3.8) is 0 Å². The zero-order valence-corrected chi connectivity index (χ0v) is 8.91. The lowest BCUT2D eigenvalue weighted by molar-refractivity contribution is 0.231. The molecule has 0 saturated carbocycles. The number of phenolic OH excluding ortho intramolecular Hbond substituents is 1. The molecule has 0 aromatic heterocycles. The van der Waals surface area contributed by atoms with E-state index in [4.69, 9.17) is 4.74 Å². The van der Waals surface area contributed by atoms with Crippen LogP contribution in [0.25, 0.3) is 6.08 Å². The quantitative estimate of drug-likeness (QED) is 0.822. The van der Waals surface area contributed by atoms with Crippen LogP contribution in [0.3, 0.4) is 0 Å². The molecule has 1 aromatic carbocycles. The van der Waals surface area contributed by atoms with Crippen molar-refractivity contribution in [2.24, 2.45) is 0 Å². The van der Waals surface area contributed by atoms with Gasteiger partial charge in [-0.25, -0.2) is 8.42 Å². The fraction of sp³-hybridized carbons (Fsp3) is 0.200. The highest BCUT2D eigenvalue weighted by atomic mass is 32.2. The average Bonchev–Trinajstić information content (AvgIpc) is 2.40. The Morgan fingerprint density at radius 1 is 1.40 bits per heavy atom. The van der Waals surface area contributed by atoms with Crippen LogP contribution in [-0.4, -0.2) is 27.2 Å². The minimum atomic E-state index is -3.55. The highest BCUT2D eigenvalue weighted by molar-refractivity contribution is 7.96. The fourth-order valence-electron chi connectivity index (χ4n) is 1.59. The predicted molar refractivity (Wildman–Crippen MR) is 55.1 cm³/mol. The number of rotatable bonds is 2. The Morgan fingerprint density at radius 3 is 2.73 bits per heavy atom. The Labute approximate surface area is 87.7 Å².